The Morgan fingerprint density at radius 2 is 1.62 bits per heavy atom. The molecule has 26 heavy (non-hydrogen) atoms. The highest BCUT2D eigenvalue weighted by Crippen LogP contribution is 2.29. The molecule has 4 rings (SSSR count). The Labute approximate surface area is 157 Å². The molecule has 0 saturated carbocycles. The Morgan fingerprint density at radius 1 is 0.846 bits per heavy atom. The van der Waals surface area contributed by atoms with Crippen LogP contribution in [0.3, 0.4) is 0 Å². The molecule has 0 atom stereocenters. The Bertz CT molecular complexity index is 1090. The van der Waals surface area contributed by atoms with Crippen LogP contribution in [0.4, 0.5) is 11.5 Å². The summed E-state index contributed by atoms with van der Waals surface area (Å²) in [5.74, 6) is 1.47. The van der Waals surface area contributed by atoms with Crippen LogP contribution in [0.25, 0.3) is 22.3 Å². The number of para-hydroxylation sites is 1. The number of aryl methyl sites for hydroxylation is 2. The first-order valence-electron chi connectivity index (χ1n) is 8.47. The fourth-order valence-corrected chi connectivity index (χ4v) is 3.11. The topological polar surface area (TPSA) is 37.8 Å². The molecule has 0 aliphatic carbocycles. The van der Waals surface area contributed by atoms with E-state index in [9.17, 15) is 0 Å². The number of nitrogens with zero attached hydrogens (tertiary/aromatic N) is 2. The van der Waals surface area contributed by atoms with Crippen LogP contribution in [0.15, 0.2) is 66.7 Å². The fraction of sp³-hybridized carbons (Fsp3) is 0.0909. The normalized spacial score (nSPS) is 10.9. The standard InChI is InChI=1S/C22H18ClN3/c1-14-7-12-19(15(2)13-14)24-22-18-5-3-4-6-20(18)25-21(26-22)16-8-10-17(23)11-9-16/h3-13H,1-2H3,(H,24,25,26). The number of rotatable bonds is 3. The summed E-state index contributed by atoms with van der Waals surface area (Å²) in [7, 11) is 0. The maximum atomic E-state index is 6.01. The molecule has 4 aromatic rings. The smallest absolute Gasteiger partial charge is 0.162 e. The van der Waals surface area contributed by atoms with Crippen LogP contribution in [-0.2, 0) is 0 Å². The van der Waals surface area contributed by atoms with Gasteiger partial charge in [-0.2, -0.15) is 0 Å². The molecule has 3 nitrogen and oxygen atoms in total. The quantitative estimate of drug-likeness (QED) is 0.465. The molecule has 1 heterocycles. The summed E-state index contributed by atoms with van der Waals surface area (Å²) in [4.78, 5) is 9.51. The van der Waals surface area contributed by atoms with Crippen LogP contribution in [0.5, 0.6) is 0 Å². The van der Waals surface area contributed by atoms with Crippen molar-refractivity contribution < 1.29 is 0 Å². The zero-order valence-electron chi connectivity index (χ0n) is 14.6. The van der Waals surface area contributed by atoms with Crippen molar-refractivity contribution in [1.82, 2.24) is 9.97 Å². The van der Waals surface area contributed by atoms with Gasteiger partial charge in [-0.3, -0.25) is 0 Å². The van der Waals surface area contributed by atoms with E-state index in [0.29, 0.717) is 10.8 Å². The van der Waals surface area contributed by atoms with Crippen LogP contribution < -0.4 is 5.32 Å². The third kappa shape index (κ3) is 3.26. The van der Waals surface area contributed by atoms with E-state index in [1.165, 1.54) is 11.1 Å². The second kappa shape index (κ2) is 6.77. The SMILES string of the molecule is Cc1ccc(Nc2nc(-c3ccc(Cl)cc3)nc3ccccc23)c(C)c1. The van der Waals surface area contributed by atoms with Gasteiger partial charge in [0.05, 0.1) is 5.52 Å². The van der Waals surface area contributed by atoms with Gasteiger partial charge in [0.1, 0.15) is 5.82 Å². The molecule has 0 amide bonds. The van der Waals surface area contributed by atoms with Gasteiger partial charge in [0, 0.05) is 21.7 Å². The highest BCUT2D eigenvalue weighted by Gasteiger charge is 2.10. The van der Waals surface area contributed by atoms with Gasteiger partial charge in [-0.15, -0.1) is 0 Å². The molecule has 0 unspecified atom stereocenters. The van der Waals surface area contributed by atoms with E-state index in [2.05, 4.69) is 37.4 Å². The minimum atomic E-state index is 0.674. The summed E-state index contributed by atoms with van der Waals surface area (Å²) >= 11 is 6.01. The molecular formula is C22H18ClN3. The number of hydrogen-bond acceptors (Lipinski definition) is 3. The van der Waals surface area contributed by atoms with Gasteiger partial charge < -0.3 is 5.32 Å². The minimum Gasteiger partial charge on any atom is -0.339 e. The van der Waals surface area contributed by atoms with Crippen molar-refractivity contribution in [2.45, 2.75) is 13.8 Å². The number of anilines is 2. The number of hydrogen-bond donors (Lipinski definition) is 1. The first-order valence-corrected chi connectivity index (χ1v) is 8.85. The lowest BCUT2D eigenvalue weighted by atomic mass is 10.1. The number of benzene rings is 3. The van der Waals surface area contributed by atoms with Crippen LogP contribution in [0.1, 0.15) is 11.1 Å². The molecule has 0 aliphatic rings. The molecule has 0 radical (unpaired) electrons. The summed E-state index contributed by atoms with van der Waals surface area (Å²) in [5.41, 5.74) is 5.30. The Morgan fingerprint density at radius 3 is 2.38 bits per heavy atom. The molecular weight excluding hydrogens is 342 g/mol. The summed E-state index contributed by atoms with van der Waals surface area (Å²) in [5, 5.41) is 5.18. The van der Waals surface area contributed by atoms with E-state index >= 15 is 0 Å². The lowest BCUT2D eigenvalue weighted by Crippen LogP contribution is -2.00. The fourth-order valence-electron chi connectivity index (χ4n) is 2.98. The van der Waals surface area contributed by atoms with E-state index in [-0.39, 0.29) is 0 Å². The molecule has 0 bridgehead atoms. The zero-order valence-corrected chi connectivity index (χ0v) is 15.4. The molecule has 0 fully saturated rings. The van der Waals surface area contributed by atoms with Gasteiger partial charge >= 0.3 is 0 Å². The summed E-state index contributed by atoms with van der Waals surface area (Å²) in [6.45, 7) is 4.19. The highest BCUT2D eigenvalue weighted by atomic mass is 35.5. The third-order valence-corrected chi connectivity index (χ3v) is 4.59. The van der Waals surface area contributed by atoms with E-state index in [1.807, 2.05) is 48.5 Å². The lowest BCUT2D eigenvalue weighted by molar-refractivity contribution is 1.22. The second-order valence-corrected chi connectivity index (χ2v) is 6.80. The van der Waals surface area contributed by atoms with Gasteiger partial charge in [-0.05, 0) is 61.9 Å². The molecule has 1 aromatic heterocycles. The highest BCUT2D eigenvalue weighted by molar-refractivity contribution is 6.30. The number of halogens is 1. The Hall–Kier alpha value is -2.91. The first kappa shape index (κ1) is 16.6. The molecule has 3 aromatic carbocycles. The number of fused-ring (bicyclic) bond motifs is 1. The molecule has 0 spiro atoms. The van der Waals surface area contributed by atoms with Crippen molar-refractivity contribution in [3.05, 3.63) is 82.9 Å². The average Bonchev–Trinajstić information content (AvgIpc) is 2.64. The van der Waals surface area contributed by atoms with E-state index in [1.54, 1.807) is 0 Å². The predicted octanol–water partition coefficient (Wildman–Crippen LogP) is 6.31. The van der Waals surface area contributed by atoms with Crippen molar-refractivity contribution in [3.63, 3.8) is 0 Å². The van der Waals surface area contributed by atoms with Gasteiger partial charge in [-0.1, -0.05) is 41.4 Å². The van der Waals surface area contributed by atoms with Crippen molar-refractivity contribution in [2.24, 2.45) is 0 Å². The van der Waals surface area contributed by atoms with Crippen molar-refractivity contribution >= 4 is 34.0 Å². The van der Waals surface area contributed by atoms with Crippen LogP contribution >= 0.6 is 11.6 Å². The Kier molecular flexibility index (Phi) is 4.31. The lowest BCUT2D eigenvalue weighted by Gasteiger charge is -2.13. The summed E-state index contributed by atoms with van der Waals surface area (Å²) < 4.78 is 0. The number of aromatic nitrogens is 2. The van der Waals surface area contributed by atoms with Crippen molar-refractivity contribution in [1.29, 1.82) is 0 Å². The van der Waals surface area contributed by atoms with E-state index < -0.39 is 0 Å². The molecule has 0 aliphatic heterocycles. The monoisotopic (exact) mass is 359 g/mol. The van der Waals surface area contributed by atoms with Gasteiger partial charge in [0.15, 0.2) is 5.82 Å². The number of nitrogens with one attached hydrogen (secondary N) is 1. The van der Waals surface area contributed by atoms with Gasteiger partial charge in [0.2, 0.25) is 0 Å². The molecule has 4 heteroatoms. The Balaban J connectivity index is 1.85. The van der Waals surface area contributed by atoms with Crippen molar-refractivity contribution in [3.8, 4) is 11.4 Å². The van der Waals surface area contributed by atoms with Gasteiger partial charge in [0.25, 0.3) is 0 Å². The van der Waals surface area contributed by atoms with Gasteiger partial charge in [-0.25, -0.2) is 9.97 Å². The van der Waals surface area contributed by atoms with Crippen LogP contribution in [-0.4, -0.2) is 9.97 Å². The maximum absolute atomic E-state index is 6.01. The first-order chi connectivity index (χ1) is 12.6. The van der Waals surface area contributed by atoms with Crippen LogP contribution in [0, 0.1) is 13.8 Å². The summed E-state index contributed by atoms with van der Waals surface area (Å²) in [6.07, 6.45) is 0. The van der Waals surface area contributed by atoms with E-state index in [0.717, 1.165) is 28.0 Å². The average molecular weight is 360 g/mol. The molecule has 1 N–H and O–H groups in total. The maximum Gasteiger partial charge on any atom is 0.162 e. The van der Waals surface area contributed by atoms with Crippen LogP contribution in [0.2, 0.25) is 5.02 Å². The largest absolute Gasteiger partial charge is 0.339 e. The molecule has 0 saturated heterocycles. The van der Waals surface area contributed by atoms with E-state index in [4.69, 9.17) is 21.6 Å². The molecule has 128 valence electrons. The van der Waals surface area contributed by atoms with Crippen molar-refractivity contribution in [2.75, 3.05) is 5.32 Å². The second-order valence-electron chi connectivity index (χ2n) is 6.36. The zero-order chi connectivity index (χ0) is 18.1. The third-order valence-electron chi connectivity index (χ3n) is 4.34. The predicted molar refractivity (Wildman–Crippen MR) is 109 cm³/mol. The summed E-state index contributed by atoms with van der Waals surface area (Å²) in [6, 6.07) is 22.0. The minimum absolute atomic E-state index is 0.674.